The maximum atomic E-state index is 5.95. The summed E-state index contributed by atoms with van der Waals surface area (Å²) in [5.41, 5.74) is 1.80. The van der Waals surface area contributed by atoms with E-state index >= 15 is 0 Å². The van der Waals surface area contributed by atoms with Crippen LogP contribution in [0.1, 0.15) is 5.56 Å². The number of halogens is 3. The molecule has 0 spiro atoms. The van der Waals surface area contributed by atoms with Crippen molar-refractivity contribution in [2.24, 2.45) is 0 Å². The number of aryl methyl sites for hydroxylation is 1. The Hall–Kier alpha value is -0.380. The topological polar surface area (TPSA) is 25.8 Å². The van der Waals surface area contributed by atoms with Gasteiger partial charge in [-0.1, -0.05) is 27.5 Å². The van der Waals surface area contributed by atoms with Crippen LogP contribution < -0.4 is 0 Å². The quantitative estimate of drug-likeness (QED) is 0.541. The van der Waals surface area contributed by atoms with Gasteiger partial charge < -0.3 is 0 Å². The normalized spacial score (nSPS) is 10.9. The van der Waals surface area contributed by atoms with E-state index < -0.39 is 0 Å². The molecule has 0 amide bonds. The van der Waals surface area contributed by atoms with Gasteiger partial charge in [0.1, 0.15) is 5.15 Å². The molecule has 1 aromatic carbocycles. The lowest BCUT2D eigenvalue weighted by molar-refractivity contribution is 1.21. The molecule has 0 fully saturated rings. The van der Waals surface area contributed by atoms with Gasteiger partial charge in [0, 0.05) is 9.86 Å². The number of benzene rings is 1. The second-order valence-corrected chi connectivity index (χ2v) is 4.51. The van der Waals surface area contributed by atoms with Gasteiger partial charge in [0.05, 0.1) is 5.52 Å². The van der Waals surface area contributed by atoms with E-state index in [0.717, 1.165) is 20.9 Å². The van der Waals surface area contributed by atoms with Crippen LogP contribution >= 0.6 is 39.1 Å². The number of hydrogen-bond donors (Lipinski definition) is 0. The SMILES string of the molecule is Cc1cc(Br)cc2c(Cl)nc(Cl)nc12. The third-order valence-corrected chi connectivity index (χ3v) is 2.80. The zero-order chi connectivity index (χ0) is 10.3. The number of hydrogen-bond acceptors (Lipinski definition) is 2. The minimum atomic E-state index is 0.174. The van der Waals surface area contributed by atoms with Crippen LogP contribution in [0.15, 0.2) is 16.6 Å². The smallest absolute Gasteiger partial charge is 0.218 e. The van der Waals surface area contributed by atoms with Crippen molar-refractivity contribution in [1.82, 2.24) is 9.97 Å². The Bertz CT molecular complexity index is 466. The standard InChI is InChI=1S/C9H5BrCl2N2/c1-4-2-5(10)3-6-7(4)13-9(12)14-8(6)11/h2-3H,1H3. The van der Waals surface area contributed by atoms with Crippen LogP contribution in [0.5, 0.6) is 0 Å². The van der Waals surface area contributed by atoms with Gasteiger partial charge in [-0.25, -0.2) is 9.97 Å². The van der Waals surface area contributed by atoms with Gasteiger partial charge in [0.15, 0.2) is 0 Å². The summed E-state index contributed by atoms with van der Waals surface area (Å²) >= 11 is 15.1. The maximum Gasteiger partial charge on any atom is 0.224 e. The van der Waals surface area contributed by atoms with Gasteiger partial charge in [0.25, 0.3) is 0 Å². The lowest BCUT2D eigenvalue weighted by Gasteiger charge is -2.04. The first kappa shape index (κ1) is 10.1. The van der Waals surface area contributed by atoms with Crippen LogP contribution in [0.2, 0.25) is 10.4 Å². The van der Waals surface area contributed by atoms with Crippen molar-refractivity contribution < 1.29 is 0 Å². The molecule has 0 saturated heterocycles. The molecule has 0 unspecified atom stereocenters. The molecule has 2 aromatic rings. The first-order chi connectivity index (χ1) is 6.58. The third kappa shape index (κ3) is 1.72. The van der Waals surface area contributed by atoms with E-state index in [-0.39, 0.29) is 5.28 Å². The first-order valence-electron chi connectivity index (χ1n) is 3.87. The molecule has 72 valence electrons. The Morgan fingerprint density at radius 1 is 1.21 bits per heavy atom. The molecule has 2 nitrogen and oxygen atoms in total. The highest BCUT2D eigenvalue weighted by molar-refractivity contribution is 9.10. The van der Waals surface area contributed by atoms with Crippen molar-refractivity contribution in [3.05, 3.63) is 32.6 Å². The van der Waals surface area contributed by atoms with Crippen LogP contribution in [0, 0.1) is 6.92 Å². The summed E-state index contributed by atoms with van der Waals surface area (Å²) in [6, 6.07) is 3.84. The molecular formula is C9H5BrCl2N2. The molecule has 0 bridgehead atoms. The van der Waals surface area contributed by atoms with Crippen molar-refractivity contribution in [2.45, 2.75) is 6.92 Å². The first-order valence-corrected chi connectivity index (χ1v) is 5.42. The van der Waals surface area contributed by atoms with Crippen LogP contribution in [-0.2, 0) is 0 Å². The zero-order valence-electron chi connectivity index (χ0n) is 7.18. The molecule has 0 atom stereocenters. The summed E-state index contributed by atoms with van der Waals surface area (Å²) in [5.74, 6) is 0. The lowest BCUT2D eigenvalue weighted by Crippen LogP contribution is -1.89. The van der Waals surface area contributed by atoms with Gasteiger partial charge >= 0.3 is 0 Å². The second-order valence-electron chi connectivity index (χ2n) is 2.90. The van der Waals surface area contributed by atoms with E-state index in [0.29, 0.717) is 5.15 Å². The van der Waals surface area contributed by atoms with Gasteiger partial charge in [-0.15, -0.1) is 0 Å². The predicted octanol–water partition coefficient (Wildman–Crippen LogP) is 4.01. The summed E-state index contributed by atoms with van der Waals surface area (Å²) in [6.45, 7) is 1.95. The number of rotatable bonds is 0. The van der Waals surface area contributed by atoms with Crippen molar-refractivity contribution in [3.8, 4) is 0 Å². The van der Waals surface area contributed by atoms with Crippen LogP contribution in [0.25, 0.3) is 10.9 Å². The molecule has 0 N–H and O–H groups in total. The summed E-state index contributed by atoms with van der Waals surface area (Å²) < 4.78 is 0.954. The van der Waals surface area contributed by atoms with Crippen LogP contribution in [-0.4, -0.2) is 9.97 Å². The number of fused-ring (bicyclic) bond motifs is 1. The van der Waals surface area contributed by atoms with Crippen molar-refractivity contribution in [1.29, 1.82) is 0 Å². The molecule has 0 aliphatic rings. The van der Waals surface area contributed by atoms with E-state index in [4.69, 9.17) is 23.2 Å². The van der Waals surface area contributed by atoms with E-state index in [1.54, 1.807) is 0 Å². The summed E-state index contributed by atoms with van der Waals surface area (Å²) in [7, 11) is 0. The second kappa shape index (κ2) is 3.65. The molecule has 1 aromatic heterocycles. The molecule has 14 heavy (non-hydrogen) atoms. The largest absolute Gasteiger partial charge is 0.224 e. The Balaban J connectivity index is 2.94. The van der Waals surface area contributed by atoms with Gasteiger partial charge in [-0.2, -0.15) is 0 Å². The summed E-state index contributed by atoms with van der Waals surface area (Å²) in [4.78, 5) is 8.01. The molecule has 5 heteroatoms. The van der Waals surface area contributed by atoms with E-state index in [1.807, 2.05) is 19.1 Å². The Morgan fingerprint density at radius 2 is 1.93 bits per heavy atom. The molecule has 2 rings (SSSR count). The van der Waals surface area contributed by atoms with Crippen molar-refractivity contribution in [3.63, 3.8) is 0 Å². The summed E-state index contributed by atoms with van der Waals surface area (Å²) in [5, 5.41) is 1.36. The molecule has 0 aliphatic heterocycles. The van der Waals surface area contributed by atoms with Crippen molar-refractivity contribution in [2.75, 3.05) is 0 Å². The fourth-order valence-electron chi connectivity index (χ4n) is 1.30. The fourth-order valence-corrected chi connectivity index (χ4v) is 2.31. The Labute approximate surface area is 99.4 Å². The molecule has 0 radical (unpaired) electrons. The van der Waals surface area contributed by atoms with E-state index in [9.17, 15) is 0 Å². The van der Waals surface area contributed by atoms with Crippen molar-refractivity contribution >= 4 is 50.0 Å². The number of nitrogens with zero attached hydrogens (tertiary/aromatic N) is 2. The highest BCUT2D eigenvalue weighted by Crippen LogP contribution is 2.27. The highest BCUT2D eigenvalue weighted by atomic mass is 79.9. The lowest BCUT2D eigenvalue weighted by atomic mass is 10.1. The average Bonchev–Trinajstić information content (AvgIpc) is 2.07. The Kier molecular flexibility index (Phi) is 2.64. The predicted molar refractivity (Wildman–Crippen MR) is 62.0 cm³/mol. The summed E-state index contributed by atoms with van der Waals surface area (Å²) in [6.07, 6.45) is 0. The minimum absolute atomic E-state index is 0.174. The van der Waals surface area contributed by atoms with E-state index in [1.165, 1.54) is 0 Å². The molecule has 1 heterocycles. The maximum absolute atomic E-state index is 5.95. The zero-order valence-corrected chi connectivity index (χ0v) is 10.3. The number of aromatic nitrogens is 2. The van der Waals surface area contributed by atoms with Crippen LogP contribution in [0.3, 0.4) is 0 Å². The average molecular weight is 292 g/mol. The molecule has 0 aliphatic carbocycles. The van der Waals surface area contributed by atoms with Gasteiger partial charge in [0.2, 0.25) is 5.28 Å². The minimum Gasteiger partial charge on any atom is -0.218 e. The molecule has 0 saturated carbocycles. The third-order valence-electron chi connectivity index (χ3n) is 1.88. The van der Waals surface area contributed by atoms with Gasteiger partial charge in [-0.05, 0) is 36.2 Å². The fraction of sp³-hybridized carbons (Fsp3) is 0.111. The van der Waals surface area contributed by atoms with Crippen LogP contribution in [0.4, 0.5) is 0 Å². The molecular weight excluding hydrogens is 287 g/mol. The highest BCUT2D eigenvalue weighted by Gasteiger charge is 2.07. The van der Waals surface area contributed by atoms with E-state index in [2.05, 4.69) is 25.9 Å². The van der Waals surface area contributed by atoms with Gasteiger partial charge in [-0.3, -0.25) is 0 Å². The Morgan fingerprint density at radius 3 is 2.64 bits per heavy atom. The monoisotopic (exact) mass is 290 g/mol.